The summed E-state index contributed by atoms with van der Waals surface area (Å²) < 4.78 is 0. The van der Waals surface area contributed by atoms with E-state index in [4.69, 9.17) is 4.99 Å². The number of halogens is 2. The van der Waals surface area contributed by atoms with E-state index >= 15 is 0 Å². The summed E-state index contributed by atoms with van der Waals surface area (Å²) in [5.41, 5.74) is 9.61. The number of hydrogen-bond acceptors (Lipinski definition) is 2. The first-order chi connectivity index (χ1) is 12.5. The number of nitrogens with zero attached hydrogens (tertiary/aromatic N) is 1. The minimum Gasteiger partial charge on any atom is -1.00 e. The zero-order chi connectivity index (χ0) is 18.5. The van der Waals surface area contributed by atoms with Crippen LogP contribution >= 0.6 is 0 Å². The molecule has 0 aliphatic rings. The second-order valence-corrected chi connectivity index (χ2v) is 6.86. The Morgan fingerprint density at radius 1 is 0.759 bits per heavy atom. The zero-order valence-corrected chi connectivity index (χ0v) is 21.2. The van der Waals surface area contributed by atoms with Crippen molar-refractivity contribution in [2.45, 2.75) is 34.2 Å². The van der Waals surface area contributed by atoms with Crippen LogP contribution in [0, 0.1) is 27.7 Å². The molecular formula is C24H26Br2N2Ni. The van der Waals surface area contributed by atoms with Crippen LogP contribution in [0.5, 0.6) is 0 Å². The van der Waals surface area contributed by atoms with Gasteiger partial charge in [0.2, 0.25) is 0 Å². The summed E-state index contributed by atoms with van der Waals surface area (Å²) in [4.78, 5) is 4.72. The van der Waals surface area contributed by atoms with Crippen molar-refractivity contribution < 1.29 is 50.5 Å². The second-order valence-electron chi connectivity index (χ2n) is 6.86. The van der Waals surface area contributed by atoms with Crippen LogP contribution in [0.25, 0.3) is 0 Å². The molecule has 0 radical (unpaired) electrons. The molecule has 156 valence electrons. The van der Waals surface area contributed by atoms with E-state index in [9.17, 15) is 0 Å². The minimum atomic E-state index is 0. The van der Waals surface area contributed by atoms with Gasteiger partial charge in [-0.1, -0.05) is 54.6 Å². The maximum Gasteiger partial charge on any atom is 2.00 e. The molecule has 3 aromatic rings. The van der Waals surface area contributed by atoms with E-state index < -0.39 is 0 Å². The number of aryl methyl sites for hydroxylation is 4. The van der Waals surface area contributed by atoms with Gasteiger partial charge in [0.05, 0.1) is 5.69 Å². The summed E-state index contributed by atoms with van der Waals surface area (Å²) in [6.07, 6.45) is 1.96. The third-order valence-electron chi connectivity index (χ3n) is 4.68. The van der Waals surface area contributed by atoms with E-state index in [1.54, 1.807) is 0 Å². The molecule has 3 rings (SSSR count). The number of hydrogen-bond donors (Lipinski definition) is 1. The van der Waals surface area contributed by atoms with Crippen LogP contribution in [0.1, 0.15) is 33.4 Å². The van der Waals surface area contributed by atoms with Crippen LogP contribution in [-0.2, 0) is 23.0 Å². The third kappa shape index (κ3) is 7.40. The molecule has 0 heterocycles. The molecule has 0 fully saturated rings. The molecule has 0 unspecified atom stereocenters. The first-order valence-corrected chi connectivity index (χ1v) is 9.04. The van der Waals surface area contributed by atoms with E-state index in [1.165, 1.54) is 33.5 Å². The van der Waals surface area contributed by atoms with Crippen LogP contribution in [0.15, 0.2) is 65.7 Å². The molecule has 2 nitrogen and oxygen atoms in total. The molecule has 0 aliphatic heterocycles. The molecule has 3 aromatic carbocycles. The van der Waals surface area contributed by atoms with Crippen molar-refractivity contribution in [2.75, 3.05) is 5.32 Å². The van der Waals surface area contributed by atoms with Gasteiger partial charge in [-0.2, -0.15) is 0 Å². The first kappa shape index (κ1) is 27.6. The van der Waals surface area contributed by atoms with Gasteiger partial charge in [0.1, 0.15) is 0 Å². The van der Waals surface area contributed by atoms with Crippen LogP contribution in [0.4, 0.5) is 11.4 Å². The minimum absolute atomic E-state index is 0. The Kier molecular flexibility index (Phi) is 12.4. The predicted octanol–water partition coefficient (Wildman–Crippen LogP) is 0.288. The molecular weight excluding hydrogens is 535 g/mol. The standard InChI is InChI=1S/C24H26N2.2BrH.Ni/c1-17-8-5-9-18(2)23(17)25-15-21-12-7-13-22(14-21)16-26-24-19(3)10-6-11-20(24)4;;;/h5-15,26H,16H2,1-4H3;2*1H;/q;;;+2/p-2. The van der Waals surface area contributed by atoms with Crippen molar-refractivity contribution in [3.63, 3.8) is 0 Å². The molecule has 0 spiro atoms. The van der Waals surface area contributed by atoms with Crippen molar-refractivity contribution in [3.8, 4) is 0 Å². The van der Waals surface area contributed by atoms with Crippen molar-refractivity contribution in [2.24, 2.45) is 4.99 Å². The topological polar surface area (TPSA) is 24.4 Å². The van der Waals surface area contributed by atoms with Crippen molar-refractivity contribution in [1.29, 1.82) is 0 Å². The average Bonchev–Trinajstić information content (AvgIpc) is 2.61. The van der Waals surface area contributed by atoms with E-state index in [1.807, 2.05) is 6.21 Å². The zero-order valence-electron chi connectivity index (χ0n) is 17.1. The Bertz CT molecular complexity index is 915. The van der Waals surface area contributed by atoms with Gasteiger partial charge in [-0.25, -0.2) is 0 Å². The van der Waals surface area contributed by atoms with Gasteiger partial charge in [-0.3, -0.25) is 4.99 Å². The maximum atomic E-state index is 4.72. The van der Waals surface area contributed by atoms with Crippen molar-refractivity contribution in [1.82, 2.24) is 0 Å². The van der Waals surface area contributed by atoms with Crippen LogP contribution < -0.4 is 39.3 Å². The number of anilines is 1. The number of nitrogens with one attached hydrogen (secondary N) is 1. The monoisotopic (exact) mass is 558 g/mol. The Labute approximate surface area is 205 Å². The van der Waals surface area contributed by atoms with Gasteiger partial charge >= 0.3 is 16.5 Å². The van der Waals surface area contributed by atoms with Gasteiger partial charge in [-0.05, 0) is 67.1 Å². The normalized spacial score (nSPS) is 9.93. The van der Waals surface area contributed by atoms with E-state index in [-0.39, 0.29) is 50.5 Å². The maximum absolute atomic E-state index is 4.72. The molecule has 0 aromatic heterocycles. The largest absolute Gasteiger partial charge is 2.00 e. The van der Waals surface area contributed by atoms with Gasteiger partial charge < -0.3 is 39.3 Å². The predicted molar refractivity (Wildman–Crippen MR) is 113 cm³/mol. The van der Waals surface area contributed by atoms with Crippen LogP contribution in [-0.4, -0.2) is 6.21 Å². The van der Waals surface area contributed by atoms with Gasteiger partial charge in [0.25, 0.3) is 0 Å². The smallest absolute Gasteiger partial charge is 1.00 e. The van der Waals surface area contributed by atoms with Gasteiger partial charge in [0.15, 0.2) is 0 Å². The van der Waals surface area contributed by atoms with Crippen molar-refractivity contribution >= 4 is 17.6 Å². The Hall–Kier alpha value is -1.42. The fourth-order valence-corrected chi connectivity index (χ4v) is 3.22. The molecule has 0 atom stereocenters. The number of rotatable bonds is 5. The Morgan fingerprint density at radius 2 is 1.28 bits per heavy atom. The second kappa shape index (κ2) is 13.0. The van der Waals surface area contributed by atoms with Crippen molar-refractivity contribution in [3.05, 3.63) is 94.0 Å². The van der Waals surface area contributed by atoms with E-state index in [0.29, 0.717) is 0 Å². The summed E-state index contributed by atoms with van der Waals surface area (Å²) >= 11 is 0. The summed E-state index contributed by atoms with van der Waals surface area (Å²) in [7, 11) is 0. The third-order valence-corrected chi connectivity index (χ3v) is 4.68. The quantitative estimate of drug-likeness (QED) is 0.352. The average molecular weight is 561 g/mol. The molecule has 0 aliphatic carbocycles. The fourth-order valence-electron chi connectivity index (χ4n) is 3.22. The summed E-state index contributed by atoms with van der Waals surface area (Å²) in [5.74, 6) is 0. The Morgan fingerprint density at radius 3 is 1.86 bits per heavy atom. The Balaban J connectivity index is 0.00000261. The summed E-state index contributed by atoms with van der Waals surface area (Å²) in [6, 6.07) is 21.2. The summed E-state index contributed by atoms with van der Waals surface area (Å²) in [6.45, 7) is 9.29. The molecule has 0 bridgehead atoms. The number of aliphatic imine (C=N–C) groups is 1. The summed E-state index contributed by atoms with van der Waals surface area (Å²) in [5, 5.41) is 3.57. The van der Waals surface area contributed by atoms with Crippen LogP contribution in [0.2, 0.25) is 0 Å². The van der Waals surface area contributed by atoms with E-state index in [0.717, 1.165) is 17.8 Å². The molecule has 0 saturated carbocycles. The molecule has 0 saturated heterocycles. The molecule has 1 N–H and O–H groups in total. The van der Waals surface area contributed by atoms with Crippen LogP contribution in [0.3, 0.4) is 0 Å². The SMILES string of the molecule is Cc1cccc(C)c1N=Cc1cccc(CNc2c(C)cccc2C)c1.[Br-].[Br-].[Ni+2]. The molecule has 29 heavy (non-hydrogen) atoms. The number of benzene rings is 3. The fraction of sp³-hybridized carbons (Fsp3) is 0.208. The number of para-hydroxylation sites is 2. The first-order valence-electron chi connectivity index (χ1n) is 9.04. The molecule has 5 heteroatoms. The van der Waals surface area contributed by atoms with Gasteiger partial charge in [-0.15, -0.1) is 0 Å². The van der Waals surface area contributed by atoms with Gasteiger partial charge in [0, 0.05) is 18.4 Å². The molecule has 0 amide bonds. The van der Waals surface area contributed by atoms with E-state index in [2.05, 4.69) is 93.7 Å².